The lowest BCUT2D eigenvalue weighted by molar-refractivity contribution is 0.445. The zero-order valence-corrected chi connectivity index (χ0v) is 38.0. The topological polar surface area (TPSA) is 166 Å². The molecule has 9 rings (SSSR count). The minimum Gasteiger partial charge on any atom is -0.436 e. The number of benzene rings is 4. The van der Waals surface area contributed by atoms with Gasteiger partial charge in [0.25, 0.3) is 0 Å². The van der Waals surface area contributed by atoms with Gasteiger partial charge in [-0.1, -0.05) is 86.8 Å². The second-order valence-electron chi connectivity index (χ2n) is 18.0. The largest absolute Gasteiger partial charge is 0.436 e. The molecule has 0 saturated heterocycles. The van der Waals surface area contributed by atoms with E-state index in [9.17, 15) is 0 Å². The highest BCUT2D eigenvalue weighted by molar-refractivity contribution is 6.31. The van der Waals surface area contributed by atoms with Crippen LogP contribution in [0.15, 0.2) is 124 Å². The second-order valence-corrected chi connectivity index (χ2v) is 18.0. The summed E-state index contributed by atoms with van der Waals surface area (Å²) in [5, 5.41) is 10.2. The molecule has 6 aromatic rings. The van der Waals surface area contributed by atoms with Crippen LogP contribution in [0.25, 0.3) is 45.1 Å². The molecule has 14 nitrogen and oxygen atoms in total. The van der Waals surface area contributed by atoms with Crippen molar-refractivity contribution in [1.82, 2.24) is 20.2 Å². The number of nitrogens with one attached hydrogen (secondary N) is 3. The molecule has 2 aromatic heterocycles. The predicted molar refractivity (Wildman–Crippen MR) is 261 cm³/mol. The van der Waals surface area contributed by atoms with Gasteiger partial charge < -0.3 is 24.8 Å². The molecule has 0 bridgehead atoms. The number of aromatic nitrogens is 2. The van der Waals surface area contributed by atoms with E-state index in [4.69, 9.17) is 48.8 Å². The summed E-state index contributed by atoms with van der Waals surface area (Å²) in [6.45, 7) is 18.6. The van der Waals surface area contributed by atoms with Crippen molar-refractivity contribution in [2.75, 3.05) is 17.2 Å². The van der Waals surface area contributed by atoms with Crippen molar-refractivity contribution < 1.29 is 8.83 Å². The Labute approximate surface area is 374 Å². The molecule has 64 heavy (non-hydrogen) atoms. The van der Waals surface area contributed by atoms with E-state index in [1.54, 1.807) is 4.90 Å². The number of fused-ring (bicyclic) bond motifs is 2. The van der Waals surface area contributed by atoms with Crippen LogP contribution >= 0.6 is 0 Å². The van der Waals surface area contributed by atoms with Gasteiger partial charge in [0.2, 0.25) is 47.5 Å². The number of guanidine groups is 6. The normalized spacial score (nSPS) is 15.5. The van der Waals surface area contributed by atoms with Gasteiger partial charge in [0.05, 0.1) is 0 Å². The highest BCUT2D eigenvalue weighted by Gasteiger charge is 2.35. The molecular formula is C50H56N12O2. The van der Waals surface area contributed by atoms with E-state index in [1.807, 2.05) is 60.7 Å². The van der Waals surface area contributed by atoms with Crippen molar-refractivity contribution in [3.05, 3.63) is 96.1 Å². The van der Waals surface area contributed by atoms with Crippen molar-refractivity contribution in [2.24, 2.45) is 35.9 Å². The maximum absolute atomic E-state index is 6.17. The zero-order chi connectivity index (χ0) is 44.6. The van der Waals surface area contributed by atoms with E-state index < -0.39 is 0 Å². The molecule has 0 saturated carbocycles. The number of oxazole rings is 2. The van der Waals surface area contributed by atoms with E-state index in [-0.39, 0.29) is 10.8 Å². The number of nitrogens with zero attached hydrogens (tertiary/aromatic N) is 9. The Kier molecular flexibility index (Phi) is 11.5. The Morgan fingerprint density at radius 1 is 0.562 bits per heavy atom. The fourth-order valence-electron chi connectivity index (χ4n) is 7.66. The van der Waals surface area contributed by atoms with Gasteiger partial charge in [-0.15, -0.1) is 0 Å². The average Bonchev–Trinajstić information content (AvgIpc) is 3.94. The Morgan fingerprint density at radius 3 is 1.45 bits per heavy atom. The van der Waals surface area contributed by atoms with E-state index in [0.29, 0.717) is 53.5 Å². The third-order valence-corrected chi connectivity index (χ3v) is 12.8. The number of anilines is 2. The average molecular weight is 857 g/mol. The van der Waals surface area contributed by atoms with Crippen LogP contribution in [0.3, 0.4) is 0 Å². The fraction of sp³-hybridized carbons (Fsp3) is 0.360. The first-order chi connectivity index (χ1) is 30.9. The first-order valence-corrected chi connectivity index (χ1v) is 22.5. The lowest BCUT2D eigenvalue weighted by atomic mass is 9.82. The van der Waals surface area contributed by atoms with Crippen molar-refractivity contribution >= 4 is 69.3 Å². The molecule has 4 aromatic carbocycles. The molecule has 3 aliphatic heterocycles. The summed E-state index contributed by atoms with van der Waals surface area (Å²) in [4.78, 5) is 40.2. The van der Waals surface area contributed by atoms with E-state index in [1.165, 1.54) is 17.5 Å². The molecule has 0 radical (unpaired) electrons. The smallest absolute Gasteiger partial charge is 0.246 e. The molecule has 3 N–H and O–H groups in total. The van der Waals surface area contributed by atoms with Crippen LogP contribution in [0, 0.1) is 5.92 Å². The van der Waals surface area contributed by atoms with E-state index >= 15 is 0 Å². The van der Waals surface area contributed by atoms with Crippen LogP contribution in [-0.4, -0.2) is 57.2 Å². The summed E-state index contributed by atoms with van der Waals surface area (Å²) in [5.41, 5.74) is 9.04. The minimum absolute atomic E-state index is 0.0536. The van der Waals surface area contributed by atoms with Crippen LogP contribution in [0.5, 0.6) is 0 Å². The molecule has 328 valence electrons. The summed E-state index contributed by atoms with van der Waals surface area (Å²) in [7, 11) is 0. The van der Waals surface area contributed by atoms with Crippen LogP contribution in [0.4, 0.5) is 11.4 Å². The molecule has 5 heterocycles. The van der Waals surface area contributed by atoms with E-state index in [2.05, 4.69) is 95.6 Å². The number of hydrogen-bond acceptors (Lipinski definition) is 14. The van der Waals surface area contributed by atoms with Crippen LogP contribution in [0.1, 0.15) is 105 Å². The van der Waals surface area contributed by atoms with Gasteiger partial charge in [0, 0.05) is 29.0 Å². The molecule has 0 aliphatic carbocycles. The molecule has 0 fully saturated rings. The first kappa shape index (κ1) is 42.3. The Bertz CT molecular complexity index is 2750. The Morgan fingerprint density at radius 2 is 1.02 bits per heavy atom. The van der Waals surface area contributed by atoms with Crippen LogP contribution in [0.2, 0.25) is 0 Å². The highest BCUT2D eigenvalue weighted by atomic mass is 16.4. The van der Waals surface area contributed by atoms with Gasteiger partial charge in [-0.3, -0.25) is 0 Å². The lowest BCUT2D eigenvalue weighted by Gasteiger charge is -2.30. The summed E-state index contributed by atoms with van der Waals surface area (Å²) >= 11 is 0. The highest BCUT2D eigenvalue weighted by Crippen LogP contribution is 2.34. The van der Waals surface area contributed by atoms with Gasteiger partial charge in [0.1, 0.15) is 11.0 Å². The third-order valence-electron chi connectivity index (χ3n) is 12.8. The molecule has 3 aliphatic rings. The second kappa shape index (κ2) is 17.3. The number of rotatable bonds is 14. The molecular weight excluding hydrogens is 801 g/mol. The lowest BCUT2D eigenvalue weighted by Crippen LogP contribution is -2.50. The quantitative estimate of drug-likeness (QED) is 0.0973. The van der Waals surface area contributed by atoms with Gasteiger partial charge in [-0.2, -0.15) is 30.0 Å². The molecule has 0 spiro atoms. The number of aliphatic imine (C=N–C) groups is 6. The summed E-state index contributed by atoms with van der Waals surface area (Å²) in [6, 6.07) is 28.2. The van der Waals surface area contributed by atoms with Gasteiger partial charge in [-0.25, -0.2) is 14.9 Å². The van der Waals surface area contributed by atoms with Gasteiger partial charge in [0.15, 0.2) is 11.2 Å². The predicted octanol–water partition coefficient (Wildman–Crippen LogP) is 11.5. The monoisotopic (exact) mass is 856 g/mol. The van der Waals surface area contributed by atoms with Crippen molar-refractivity contribution in [3.8, 4) is 22.9 Å². The number of unbranched alkanes of at least 4 members (excludes halogenated alkanes) is 1. The summed E-state index contributed by atoms with van der Waals surface area (Å²) < 4.78 is 12.3. The van der Waals surface area contributed by atoms with Gasteiger partial charge >= 0.3 is 0 Å². The molecule has 1 atom stereocenters. The van der Waals surface area contributed by atoms with Crippen molar-refractivity contribution in [2.45, 2.75) is 105 Å². The fourth-order valence-corrected chi connectivity index (χ4v) is 7.66. The SMILES string of the molecule is CCCCC(CC)CNC1=NC2=NC(Nc3ccc(-c4nc5cc(C(C)(C)CC)ccc5o4)cc3)=NC3=NC(Nc4ccc(-c5nc6cc(C(C)(C)CC)ccc6o5)cc4)=NC(=N1)N23. The van der Waals surface area contributed by atoms with Crippen molar-refractivity contribution in [3.63, 3.8) is 0 Å². The maximum atomic E-state index is 6.17. The van der Waals surface area contributed by atoms with E-state index in [0.717, 1.165) is 83.3 Å². The van der Waals surface area contributed by atoms with Crippen LogP contribution < -0.4 is 16.0 Å². The van der Waals surface area contributed by atoms with Crippen LogP contribution in [-0.2, 0) is 10.8 Å². The maximum Gasteiger partial charge on any atom is 0.246 e. The molecule has 0 amide bonds. The van der Waals surface area contributed by atoms with Crippen molar-refractivity contribution in [1.29, 1.82) is 0 Å². The minimum atomic E-state index is 0.0536. The number of hydrogen-bond donors (Lipinski definition) is 3. The standard InChI is InChI=1S/C50H56N12O2/c1-9-13-14-30(10-2)29-51-43-56-46-58-44(52-35-21-15-31(16-22-35)41-54-37-27-33(49(5,6)11-3)19-25-39(37)63-41)60-48-61-45(59-47(57-43)62(46)48)53-36-23-17-32(18-24-36)42-55-38-28-34(50(7,8)12-4)20-26-40(38)64-42/h15-28,30H,9-14,29H2,1-8H3,(H3,51,52,53,56,57,58,59,60,61). The Balaban J connectivity index is 0.964. The third kappa shape index (κ3) is 8.69. The summed E-state index contributed by atoms with van der Waals surface area (Å²) in [5.74, 6) is 3.72. The molecule has 1 unspecified atom stereocenters. The van der Waals surface area contributed by atoms with Gasteiger partial charge in [-0.05, 0) is 120 Å². The zero-order valence-electron chi connectivity index (χ0n) is 38.0. The first-order valence-electron chi connectivity index (χ1n) is 22.5. The molecule has 14 heteroatoms. The summed E-state index contributed by atoms with van der Waals surface area (Å²) in [6.07, 6.45) is 6.58. The Hall–Kier alpha value is -6.96.